The Balaban J connectivity index is 1.85. The van der Waals surface area contributed by atoms with Gasteiger partial charge in [-0.2, -0.15) is 5.10 Å². The highest BCUT2D eigenvalue weighted by Crippen LogP contribution is 2.23. The van der Waals surface area contributed by atoms with Crippen LogP contribution in [0.4, 0.5) is 0 Å². The van der Waals surface area contributed by atoms with E-state index in [2.05, 4.69) is 22.0 Å². The molecule has 0 amide bonds. The van der Waals surface area contributed by atoms with Crippen LogP contribution in [0.3, 0.4) is 0 Å². The third-order valence-electron chi connectivity index (χ3n) is 3.98. The van der Waals surface area contributed by atoms with E-state index < -0.39 is 5.97 Å². The maximum Gasteiger partial charge on any atom is 0.336 e. The van der Waals surface area contributed by atoms with Crippen LogP contribution in [0.1, 0.15) is 40.9 Å². The Kier molecular flexibility index (Phi) is 4.88. The van der Waals surface area contributed by atoms with E-state index >= 15 is 0 Å². The number of carboxylic acid groups (broad SMARTS) is 1. The number of nitrogens with zero attached hydrogens (tertiary/aromatic N) is 4. The molecule has 1 N–H and O–H groups in total. The molecule has 0 aliphatic rings. The zero-order chi connectivity index (χ0) is 17.8. The number of aryl methyl sites for hydroxylation is 2. The Morgan fingerprint density at radius 3 is 2.64 bits per heavy atom. The van der Waals surface area contributed by atoms with Crippen LogP contribution < -0.4 is 0 Å². The maximum absolute atomic E-state index is 11.4. The van der Waals surface area contributed by atoms with Gasteiger partial charge in [0.2, 0.25) is 0 Å². The van der Waals surface area contributed by atoms with Gasteiger partial charge in [0, 0.05) is 24.4 Å². The summed E-state index contributed by atoms with van der Waals surface area (Å²) >= 11 is 0. The quantitative estimate of drug-likeness (QED) is 0.746. The first-order chi connectivity index (χ1) is 12.1. The third-order valence-corrected chi connectivity index (χ3v) is 3.98. The summed E-state index contributed by atoms with van der Waals surface area (Å²) in [6.45, 7) is 4.67. The average molecular weight is 336 g/mol. The van der Waals surface area contributed by atoms with E-state index in [0.717, 1.165) is 35.6 Å². The zero-order valence-corrected chi connectivity index (χ0v) is 14.3. The summed E-state index contributed by atoms with van der Waals surface area (Å²) in [7, 11) is 0. The average Bonchev–Trinajstić information content (AvgIpc) is 2.95. The summed E-state index contributed by atoms with van der Waals surface area (Å²) < 4.78 is 1.93. The molecule has 2 heterocycles. The number of carbonyl (C=O) groups is 1. The second-order valence-electron chi connectivity index (χ2n) is 5.91. The van der Waals surface area contributed by atoms with E-state index in [1.54, 1.807) is 6.20 Å². The molecular weight excluding hydrogens is 316 g/mol. The summed E-state index contributed by atoms with van der Waals surface area (Å²) in [5.41, 5.74) is 2.79. The van der Waals surface area contributed by atoms with Crippen LogP contribution in [0.2, 0.25) is 0 Å². The van der Waals surface area contributed by atoms with Gasteiger partial charge in [0.15, 0.2) is 0 Å². The Morgan fingerprint density at radius 2 is 1.96 bits per heavy atom. The van der Waals surface area contributed by atoms with Crippen LogP contribution in [-0.2, 0) is 13.0 Å². The first-order valence-electron chi connectivity index (χ1n) is 8.25. The van der Waals surface area contributed by atoms with Crippen molar-refractivity contribution in [1.82, 2.24) is 19.7 Å². The minimum Gasteiger partial charge on any atom is -0.478 e. The number of aromatic carboxylic acids is 1. The van der Waals surface area contributed by atoms with E-state index in [-0.39, 0.29) is 5.56 Å². The minimum absolute atomic E-state index is 0.250. The Bertz CT molecular complexity index is 885. The van der Waals surface area contributed by atoms with Crippen molar-refractivity contribution in [3.63, 3.8) is 0 Å². The Morgan fingerprint density at radius 1 is 1.20 bits per heavy atom. The first-order valence-corrected chi connectivity index (χ1v) is 8.25. The monoisotopic (exact) mass is 336 g/mol. The summed E-state index contributed by atoms with van der Waals surface area (Å²) in [4.78, 5) is 19.9. The number of aromatic nitrogens is 4. The normalized spacial score (nSPS) is 10.8. The molecule has 0 aliphatic carbocycles. The van der Waals surface area contributed by atoms with Gasteiger partial charge < -0.3 is 5.11 Å². The molecule has 0 saturated heterocycles. The molecule has 0 fully saturated rings. The molecule has 0 saturated carbocycles. The molecule has 1 aromatic carbocycles. The van der Waals surface area contributed by atoms with Crippen LogP contribution in [0, 0.1) is 6.92 Å². The van der Waals surface area contributed by atoms with Gasteiger partial charge in [0.1, 0.15) is 11.6 Å². The van der Waals surface area contributed by atoms with E-state index in [1.807, 2.05) is 35.9 Å². The number of hydrogen-bond donors (Lipinski definition) is 1. The third kappa shape index (κ3) is 3.74. The van der Waals surface area contributed by atoms with Crippen molar-refractivity contribution in [1.29, 1.82) is 0 Å². The van der Waals surface area contributed by atoms with Crippen LogP contribution in [0.5, 0.6) is 0 Å². The lowest BCUT2D eigenvalue weighted by atomic mass is 10.0. The van der Waals surface area contributed by atoms with Crippen molar-refractivity contribution < 1.29 is 9.90 Å². The number of carboxylic acids is 1. The largest absolute Gasteiger partial charge is 0.478 e. The SMILES string of the molecule is CCCc1nc(C)nn1Cc1ccc(-c2cnccc2C(=O)O)cc1. The number of rotatable bonds is 6. The highest BCUT2D eigenvalue weighted by molar-refractivity contribution is 5.95. The molecule has 3 rings (SSSR count). The molecule has 3 aromatic rings. The molecule has 6 nitrogen and oxygen atoms in total. The fraction of sp³-hybridized carbons (Fsp3) is 0.263. The predicted octanol–water partition coefficient (Wildman–Crippen LogP) is 3.35. The van der Waals surface area contributed by atoms with E-state index in [0.29, 0.717) is 12.1 Å². The molecule has 0 unspecified atom stereocenters. The molecule has 0 atom stereocenters. The lowest BCUT2D eigenvalue weighted by Gasteiger charge is -2.08. The smallest absolute Gasteiger partial charge is 0.336 e. The first kappa shape index (κ1) is 16.8. The fourth-order valence-electron chi connectivity index (χ4n) is 2.81. The molecule has 128 valence electrons. The number of benzene rings is 1. The second kappa shape index (κ2) is 7.25. The van der Waals surface area contributed by atoms with Gasteiger partial charge in [-0.25, -0.2) is 14.5 Å². The van der Waals surface area contributed by atoms with E-state index in [9.17, 15) is 9.90 Å². The molecule has 25 heavy (non-hydrogen) atoms. The summed E-state index contributed by atoms with van der Waals surface area (Å²) in [5.74, 6) is 0.815. The molecular formula is C19H20N4O2. The standard InChI is InChI=1S/C19H20N4O2/c1-3-4-18-21-13(2)22-23(18)12-14-5-7-15(8-6-14)17-11-20-10-9-16(17)19(24)25/h5-11H,3-4,12H2,1-2H3,(H,24,25). The van der Waals surface area contributed by atoms with Gasteiger partial charge in [0.05, 0.1) is 12.1 Å². The van der Waals surface area contributed by atoms with Crippen molar-refractivity contribution in [2.24, 2.45) is 0 Å². The fourth-order valence-corrected chi connectivity index (χ4v) is 2.81. The lowest BCUT2D eigenvalue weighted by molar-refractivity contribution is 0.0697. The predicted molar refractivity (Wildman–Crippen MR) is 94.5 cm³/mol. The molecule has 0 spiro atoms. The second-order valence-corrected chi connectivity index (χ2v) is 5.91. The van der Waals surface area contributed by atoms with Crippen LogP contribution in [0.15, 0.2) is 42.7 Å². The maximum atomic E-state index is 11.4. The molecule has 2 aromatic heterocycles. The van der Waals surface area contributed by atoms with E-state index in [1.165, 1.54) is 12.3 Å². The van der Waals surface area contributed by atoms with Gasteiger partial charge in [-0.3, -0.25) is 4.98 Å². The summed E-state index contributed by atoms with van der Waals surface area (Å²) in [6, 6.07) is 9.33. The van der Waals surface area contributed by atoms with Gasteiger partial charge in [-0.05, 0) is 30.5 Å². The molecule has 0 aliphatic heterocycles. The van der Waals surface area contributed by atoms with Crippen molar-refractivity contribution >= 4 is 5.97 Å². The summed E-state index contributed by atoms with van der Waals surface area (Å²) in [5, 5.41) is 13.8. The zero-order valence-electron chi connectivity index (χ0n) is 14.3. The van der Waals surface area contributed by atoms with Crippen LogP contribution in [-0.4, -0.2) is 30.8 Å². The van der Waals surface area contributed by atoms with Crippen molar-refractivity contribution in [2.45, 2.75) is 33.2 Å². The van der Waals surface area contributed by atoms with Crippen molar-refractivity contribution in [3.8, 4) is 11.1 Å². The van der Waals surface area contributed by atoms with Gasteiger partial charge in [0.25, 0.3) is 0 Å². The van der Waals surface area contributed by atoms with Crippen LogP contribution >= 0.6 is 0 Å². The molecule has 0 radical (unpaired) electrons. The highest BCUT2D eigenvalue weighted by Gasteiger charge is 2.12. The van der Waals surface area contributed by atoms with Crippen LogP contribution in [0.25, 0.3) is 11.1 Å². The Hall–Kier alpha value is -3.02. The van der Waals surface area contributed by atoms with Gasteiger partial charge in [-0.15, -0.1) is 0 Å². The number of hydrogen-bond acceptors (Lipinski definition) is 4. The van der Waals surface area contributed by atoms with Crippen molar-refractivity contribution in [2.75, 3.05) is 0 Å². The summed E-state index contributed by atoms with van der Waals surface area (Å²) in [6.07, 6.45) is 4.99. The molecule has 6 heteroatoms. The highest BCUT2D eigenvalue weighted by atomic mass is 16.4. The van der Waals surface area contributed by atoms with Gasteiger partial charge >= 0.3 is 5.97 Å². The van der Waals surface area contributed by atoms with Crippen molar-refractivity contribution in [3.05, 3.63) is 65.5 Å². The van der Waals surface area contributed by atoms with Gasteiger partial charge in [-0.1, -0.05) is 31.2 Å². The number of pyridine rings is 1. The topological polar surface area (TPSA) is 80.9 Å². The molecule has 0 bridgehead atoms. The Labute approximate surface area is 146 Å². The van der Waals surface area contributed by atoms with E-state index in [4.69, 9.17) is 0 Å². The lowest BCUT2D eigenvalue weighted by Crippen LogP contribution is -2.07. The minimum atomic E-state index is -0.955.